The van der Waals surface area contributed by atoms with Crippen molar-refractivity contribution in [3.8, 4) is 0 Å². The van der Waals surface area contributed by atoms with Gasteiger partial charge in [0.15, 0.2) is 0 Å². The molecule has 0 unspecified atom stereocenters. The van der Waals surface area contributed by atoms with Gasteiger partial charge in [-0.3, -0.25) is 0 Å². The molecule has 0 saturated carbocycles. The highest BCUT2D eigenvalue weighted by atomic mass is 32.2. The third-order valence-electron chi connectivity index (χ3n) is 0.812. The van der Waals surface area contributed by atoms with Crippen molar-refractivity contribution >= 4 is 24.4 Å². The summed E-state index contributed by atoms with van der Waals surface area (Å²) in [6.45, 7) is 3.82. The Labute approximate surface area is 67.0 Å². The average molecular weight is 166 g/mol. The molecule has 0 aliphatic heterocycles. The molecular weight excluding hydrogens is 152 g/mol. The first-order valence-electron chi connectivity index (χ1n) is 3.18. The number of ether oxygens (including phenoxy) is 1. The first-order valence-corrected chi connectivity index (χ1v) is 4.97. The van der Waals surface area contributed by atoms with Crippen molar-refractivity contribution in [2.75, 3.05) is 30.5 Å². The van der Waals surface area contributed by atoms with E-state index < -0.39 is 0 Å². The fourth-order valence-corrected chi connectivity index (χ4v) is 1.08. The van der Waals surface area contributed by atoms with Gasteiger partial charge < -0.3 is 4.74 Å². The highest BCUT2D eigenvalue weighted by Gasteiger charge is 1.84. The van der Waals surface area contributed by atoms with Crippen LogP contribution in [0.25, 0.3) is 0 Å². The predicted molar refractivity (Wildman–Crippen MR) is 47.7 cm³/mol. The van der Waals surface area contributed by atoms with Gasteiger partial charge in [0.2, 0.25) is 0 Å². The van der Waals surface area contributed by atoms with Crippen LogP contribution in [0.2, 0.25) is 0 Å². The van der Waals surface area contributed by atoms with E-state index >= 15 is 0 Å². The van der Waals surface area contributed by atoms with E-state index in [1.54, 1.807) is 0 Å². The van der Waals surface area contributed by atoms with Crippen LogP contribution in [0, 0.1) is 0 Å². The maximum absolute atomic E-state index is 5.19. The van der Waals surface area contributed by atoms with Gasteiger partial charge in [0, 0.05) is 11.5 Å². The zero-order valence-corrected chi connectivity index (χ0v) is 7.51. The first kappa shape index (κ1) is 9.66. The topological polar surface area (TPSA) is 9.23 Å². The molecule has 0 aliphatic carbocycles. The molecule has 3 heteroatoms. The van der Waals surface area contributed by atoms with Gasteiger partial charge in [0.05, 0.1) is 13.2 Å². The second kappa shape index (κ2) is 8.66. The predicted octanol–water partition coefficient (Wildman–Crippen LogP) is 1.69. The van der Waals surface area contributed by atoms with E-state index in [0.717, 1.165) is 24.7 Å². The quantitative estimate of drug-likeness (QED) is 0.475. The van der Waals surface area contributed by atoms with Crippen molar-refractivity contribution in [3.63, 3.8) is 0 Å². The summed E-state index contributed by atoms with van der Waals surface area (Å²) >= 11 is 5.92. The monoisotopic (exact) mass is 166 g/mol. The molecule has 0 aliphatic rings. The third kappa shape index (κ3) is 8.66. The molecule has 0 heterocycles. The summed E-state index contributed by atoms with van der Waals surface area (Å²) in [5.41, 5.74) is 0. The smallest absolute Gasteiger partial charge is 0.0557 e. The maximum atomic E-state index is 5.19. The van der Waals surface area contributed by atoms with Gasteiger partial charge in [-0.15, -0.1) is 0 Å². The van der Waals surface area contributed by atoms with E-state index in [4.69, 9.17) is 4.74 Å². The van der Waals surface area contributed by atoms with Crippen LogP contribution in [0.4, 0.5) is 0 Å². The Morgan fingerprint density at radius 3 is 2.78 bits per heavy atom. The second-order valence-corrected chi connectivity index (χ2v) is 3.37. The zero-order valence-electron chi connectivity index (χ0n) is 5.80. The van der Waals surface area contributed by atoms with Crippen LogP contribution < -0.4 is 0 Å². The third-order valence-corrected chi connectivity index (χ3v) is 1.86. The Morgan fingerprint density at radius 2 is 2.22 bits per heavy atom. The van der Waals surface area contributed by atoms with Gasteiger partial charge >= 0.3 is 0 Å². The minimum absolute atomic E-state index is 0.785. The van der Waals surface area contributed by atoms with Crippen molar-refractivity contribution in [1.29, 1.82) is 0 Å². The molecule has 56 valence electrons. The fraction of sp³-hybridized carbons (Fsp3) is 1.00. The van der Waals surface area contributed by atoms with Crippen LogP contribution in [0.5, 0.6) is 0 Å². The van der Waals surface area contributed by atoms with E-state index in [2.05, 4.69) is 19.6 Å². The summed E-state index contributed by atoms with van der Waals surface area (Å²) in [6.07, 6.45) is 0. The van der Waals surface area contributed by atoms with Gasteiger partial charge in [-0.05, 0) is 5.75 Å². The van der Waals surface area contributed by atoms with Crippen LogP contribution in [0.15, 0.2) is 0 Å². The molecule has 9 heavy (non-hydrogen) atoms. The Kier molecular flexibility index (Phi) is 9.30. The Bertz CT molecular complexity index is 44.3. The Morgan fingerprint density at radius 1 is 1.44 bits per heavy atom. The summed E-state index contributed by atoms with van der Waals surface area (Å²) in [4.78, 5) is 0. The fourth-order valence-electron chi connectivity index (χ4n) is 0.429. The maximum Gasteiger partial charge on any atom is 0.0557 e. The molecule has 0 N–H and O–H groups in total. The van der Waals surface area contributed by atoms with E-state index in [1.807, 2.05) is 11.8 Å². The van der Waals surface area contributed by atoms with Crippen molar-refractivity contribution < 1.29 is 4.74 Å². The lowest BCUT2D eigenvalue weighted by atomic mass is 10.8. The van der Waals surface area contributed by atoms with Crippen molar-refractivity contribution in [2.24, 2.45) is 0 Å². The van der Waals surface area contributed by atoms with Gasteiger partial charge in [-0.2, -0.15) is 24.4 Å². The van der Waals surface area contributed by atoms with E-state index in [-0.39, 0.29) is 0 Å². The van der Waals surface area contributed by atoms with Gasteiger partial charge in [0.25, 0.3) is 0 Å². The molecule has 1 nitrogen and oxygen atoms in total. The molecule has 0 fully saturated rings. The van der Waals surface area contributed by atoms with E-state index in [1.165, 1.54) is 5.75 Å². The molecule has 0 rings (SSSR count). The SMILES string of the molecule is CCSCCOCCS. The van der Waals surface area contributed by atoms with E-state index in [0.29, 0.717) is 0 Å². The number of rotatable bonds is 6. The number of hydrogen-bond donors (Lipinski definition) is 1. The van der Waals surface area contributed by atoms with Crippen molar-refractivity contribution in [3.05, 3.63) is 0 Å². The zero-order chi connectivity index (χ0) is 6.95. The summed E-state index contributed by atoms with van der Waals surface area (Å²) in [7, 11) is 0. The van der Waals surface area contributed by atoms with Crippen molar-refractivity contribution in [1.82, 2.24) is 0 Å². The molecule has 0 aromatic carbocycles. The normalized spacial score (nSPS) is 10.0. The summed E-state index contributed by atoms with van der Waals surface area (Å²) < 4.78 is 5.19. The number of hydrogen-bond acceptors (Lipinski definition) is 3. The molecular formula is C6H14OS2. The summed E-state index contributed by atoms with van der Waals surface area (Å²) in [5.74, 6) is 3.13. The van der Waals surface area contributed by atoms with Crippen LogP contribution >= 0.6 is 24.4 Å². The minimum atomic E-state index is 0.785. The first-order chi connectivity index (χ1) is 4.41. The molecule has 0 amide bonds. The molecule has 0 atom stereocenters. The molecule has 0 spiro atoms. The number of thiol groups is 1. The molecule has 0 bridgehead atoms. The van der Waals surface area contributed by atoms with Gasteiger partial charge in [-0.25, -0.2) is 0 Å². The second-order valence-electron chi connectivity index (χ2n) is 1.53. The van der Waals surface area contributed by atoms with Crippen molar-refractivity contribution in [2.45, 2.75) is 6.92 Å². The molecule has 0 saturated heterocycles. The summed E-state index contributed by atoms with van der Waals surface area (Å²) in [5, 5.41) is 0. The molecule has 0 aromatic rings. The van der Waals surface area contributed by atoms with Gasteiger partial charge in [-0.1, -0.05) is 6.92 Å². The van der Waals surface area contributed by atoms with Crippen LogP contribution in [0.1, 0.15) is 6.92 Å². The standard InChI is InChI=1S/C6H14OS2/c1-2-9-6-4-7-3-5-8/h8H,2-6H2,1H3. The number of thioether (sulfide) groups is 1. The highest BCUT2D eigenvalue weighted by molar-refractivity contribution is 7.99. The molecule has 0 radical (unpaired) electrons. The van der Waals surface area contributed by atoms with E-state index in [9.17, 15) is 0 Å². The Balaban J connectivity index is 2.60. The minimum Gasteiger partial charge on any atom is -0.380 e. The van der Waals surface area contributed by atoms with Crippen LogP contribution in [-0.2, 0) is 4.74 Å². The highest BCUT2D eigenvalue weighted by Crippen LogP contribution is 1.96. The lowest BCUT2D eigenvalue weighted by molar-refractivity contribution is 0.167. The summed E-state index contributed by atoms with van der Waals surface area (Å²) in [6, 6.07) is 0. The van der Waals surface area contributed by atoms with Crippen LogP contribution in [-0.4, -0.2) is 30.5 Å². The average Bonchev–Trinajstić information content (AvgIpc) is 1.89. The van der Waals surface area contributed by atoms with Gasteiger partial charge in [0.1, 0.15) is 0 Å². The largest absolute Gasteiger partial charge is 0.380 e. The Hall–Kier alpha value is 0.660. The molecule has 0 aromatic heterocycles. The lowest BCUT2D eigenvalue weighted by Gasteiger charge is -1.99. The van der Waals surface area contributed by atoms with Crippen LogP contribution in [0.3, 0.4) is 0 Å². The lowest BCUT2D eigenvalue weighted by Crippen LogP contribution is -1.99.